The van der Waals surface area contributed by atoms with E-state index in [4.69, 9.17) is 4.74 Å². The standard InChI is InChI=1S/C26H25FN2O4S/c1-2-3-15-33-26(32)19-9-13-21(14-10-19)28-24(30)17-34-23-6-4-5-22(16-23)29-25(31)18-7-11-20(27)12-8-18/h4-14,16H,2-3,15,17H2,1H3,(H,28,30)(H,29,31). The molecule has 0 aliphatic carbocycles. The molecule has 2 amide bonds. The highest BCUT2D eigenvalue weighted by Gasteiger charge is 2.10. The van der Waals surface area contributed by atoms with Crippen molar-refractivity contribution in [2.24, 2.45) is 0 Å². The Kier molecular flexibility index (Phi) is 9.22. The molecule has 176 valence electrons. The zero-order valence-corrected chi connectivity index (χ0v) is 19.5. The second-order valence-corrected chi connectivity index (χ2v) is 8.44. The number of rotatable bonds is 10. The summed E-state index contributed by atoms with van der Waals surface area (Å²) in [5, 5.41) is 5.55. The Morgan fingerprint density at radius 2 is 1.59 bits per heavy atom. The van der Waals surface area contributed by atoms with Crippen molar-refractivity contribution in [1.82, 2.24) is 0 Å². The Morgan fingerprint density at radius 3 is 2.29 bits per heavy atom. The molecular formula is C26H25FN2O4S. The summed E-state index contributed by atoms with van der Waals surface area (Å²) in [6.07, 6.45) is 1.77. The maximum Gasteiger partial charge on any atom is 0.338 e. The number of hydrogen-bond donors (Lipinski definition) is 2. The lowest BCUT2D eigenvalue weighted by Gasteiger charge is -2.09. The summed E-state index contributed by atoms with van der Waals surface area (Å²) in [5.74, 6) is -1.18. The summed E-state index contributed by atoms with van der Waals surface area (Å²) in [6, 6.07) is 18.9. The molecule has 3 rings (SSSR count). The van der Waals surface area contributed by atoms with E-state index in [1.165, 1.54) is 36.0 Å². The molecule has 6 nitrogen and oxygen atoms in total. The number of unbranched alkanes of at least 4 members (excludes halogenated alkanes) is 1. The highest BCUT2D eigenvalue weighted by Crippen LogP contribution is 2.22. The molecule has 0 aliphatic heterocycles. The van der Waals surface area contributed by atoms with Crippen LogP contribution in [-0.4, -0.2) is 30.1 Å². The van der Waals surface area contributed by atoms with Crippen molar-refractivity contribution in [3.8, 4) is 0 Å². The number of ether oxygens (including phenoxy) is 1. The van der Waals surface area contributed by atoms with E-state index in [-0.39, 0.29) is 23.5 Å². The average Bonchev–Trinajstić information content (AvgIpc) is 2.84. The number of nitrogens with one attached hydrogen (secondary N) is 2. The number of carbonyl (C=O) groups is 3. The Bertz CT molecular complexity index is 1130. The van der Waals surface area contributed by atoms with Gasteiger partial charge in [0.15, 0.2) is 0 Å². The van der Waals surface area contributed by atoms with Crippen molar-refractivity contribution in [2.45, 2.75) is 24.7 Å². The summed E-state index contributed by atoms with van der Waals surface area (Å²) in [6.45, 7) is 2.41. The van der Waals surface area contributed by atoms with Gasteiger partial charge < -0.3 is 15.4 Å². The van der Waals surface area contributed by atoms with Crippen LogP contribution in [0.4, 0.5) is 15.8 Å². The Labute approximate surface area is 201 Å². The van der Waals surface area contributed by atoms with Crippen LogP contribution in [-0.2, 0) is 9.53 Å². The smallest absolute Gasteiger partial charge is 0.338 e. The Morgan fingerprint density at radius 1 is 0.882 bits per heavy atom. The largest absolute Gasteiger partial charge is 0.462 e. The number of carbonyl (C=O) groups excluding carboxylic acids is 3. The molecule has 0 saturated carbocycles. The molecule has 3 aromatic rings. The molecule has 0 aliphatic rings. The normalized spacial score (nSPS) is 10.4. The van der Waals surface area contributed by atoms with E-state index in [0.717, 1.165) is 17.7 Å². The van der Waals surface area contributed by atoms with Crippen LogP contribution >= 0.6 is 11.8 Å². The first-order chi connectivity index (χ1) is 16.4. The summed E-state index contributed by atoms with van der Waals surface area (Å²) < 4.78 is 18.2. The van der Waals surface area contributed by atoms with E-state index >= 15 is 0 Å². The molecule has 0 saturated heterocycles. The van der Waals surface area contributed by atoms with Gasteiger partial charge >= 0.3 is 5.97 Å². The second-order valence-electron chi connectivity index (χ2n) is 7.39. The molecule has 0 spiro atoms. The molecule has 2 N–H and O–H groups in total. The molecule has 3 aromatic carbocycles. The molecule has 34 heavy (non-hydrogen) atoms. The number of benzene rings is 3. The van der Waals surface area contributed by atoms with Gasteiger partial charge in [0.25, 0.3) is 5.91 Å². The number of thioether (sulfide) groups is 1. The lowest BCUT2D eigenvalue weighted by atomic mass is 10.2. The lowest BCUT2D eigenvalue weighted by molar-refractivity contribution is -0.113. The molecule has 8 heteroatoms. The summed E-state index contributed by atoms with van der Waals surface area (Å²) >= 11 is 1.32. The van der Waals surface area contributed by atoms with E-state index in [9.17, 15) is 18.8 Å². The van der Waals surface area contributed by atoms with E-state index < -0.39 is 5.82 Å². The van der Waals surface area contributed by atoms with E-state index in [1.807, 2.05) is 13.0 Å². The SMILES string of the molecule is CCCCOC(=O)c1ccc(NC(=O)CSc2cccc(NC(=O)c3ccc(F)cc3)c2)cc1. The van der Waals surface area contributed by atoms with Crippen molar-refractivity contribution >= 4 is 40.9 Å². The second kappa shape index (κ2) is 12.6. The first-order valence-electron chi connectivity index (χ1n) is 10.8. The summed E-state index contributed by atoms with van der Waals surface area (Å²) in [4.78, 5) is 37.4. The monoisotopic (exact) mass is 480 g/mol. The van der Waals surface area contributed by atoms with Gasteiger partial charge in [0.1, 0.15) is 5.82 Å². The molecule has 0 atom stereocenters. The van der Waals surface area contributed by atoms with Crippen molar-refractivity contribution in [3.63, 3.8) is 0 Å². The van der Waals surface area contributed by atoms with Crippen LogP contribution in [0.25, 0.3) is 0 Å². The quantitative estimate of drug-likeness (QED) is 0.219. The predicted molar refractivity (Wildman–Crippen MR) is 132 cm³/mol. The van der Waals surface area contributed by atoms with Gasteiger partial charge in [-0.1, -0.05) is 19.4 Å². The van der Waals surface area contributed by atoms with Gasteiger partial charge in [-0.25, -0.2) is 9.18 Å². The van der Waals surface area contributed by atoms with Crippen molar-refractivity contribution in [2.75, 3.05) is 23.0 Å². The van der Waals surface area contributed by atoms with Gasteiger partial charge in [-0.15, -0.1) is 11.8 Å². The lowest BCUT2D eigenvalue weighted by Crippen LogP contribution is -2.14. The Hall–Kier alpha value is -3.65. The number of esters is 1. The maximum absolute atomic E-state index is 13.0. The number of halogens is 1. The predicted octanol–water partition coefficient (Wildman–Crippen LogP) is 5.77. The summed E-state index contributed by atoms with van der Waals surface area (Å²) in [5.41, 5.74) is 1.93. The van der Waals surface area contributed by atoms with Gasteiger partial charge in [0.2, 0.25) is 5.91 Å². The van der Waals surface area contributed by atoms with Crippen LogP contribution in [0.2, 0.25) is 0 Å². The minimum Gasteiger partial charge on any atom is -0.462 e. The maximum atomic E-state index is 13.0. The minimum atomic E-state index is -0.408. The Balaban J connectivity index is 1.48. The first-order valence-corrected chi connectivity index (χ1v) is 11.8. The fourth-order valence-electron chi connectivity index (χ4n) is 2.90. The number of amides is 2. The fourth-order valence-corrected chi connectivity index (χ4v) is 3.65. The van der Waals surface area contributed by atoms with Crippen LogP contribution in [0.1, 0.15) is 40.5 Å². The molecule has 0 radical (unpaired) electrons. The van der Waals surface area contributed by atoms with Gasteiger partial charge in [-0.3, -0.25) is 9.59 Å². The van der Waals surface area contributed by atoms with Crippen molar-refractivity contribution in [1.29, 1.82) is 0 Å². The zero-order chi connectivity index (χ0) is 24.3. The van der Waals surface area contributed by atoms with Crippen molar-refractivity contribution < 1.29 is 23.5 Å². The highest BCUT2D eigenvalue weighted by atomic mass is 32.2. The topological polar surface area (TPSA) is 84.5 Å². The van der Waals surface area contributed by atoms with Crippen LogP contribution in [0.5, 0.6) is 0 Å². The van der Waals surface area contributed by atoms with E-state index in [0.29, 0.717) is 29.1 Å². The van der Waals surface area contributed by atoms with E-state index in [2.05, 4.69) is 10.6 Å². The van der Waals surface area contributed by atoms with Crippen LogP contribution < -0.4 is 10.6 Å². The number of anilines is 2. The third kappa shape index (κ3) is 7.74. The molecule has 0 unspecified atom stereocenters. The highest BCUT2D eigenvalue weighted by molar-refractivity contribution is 8.00. The molecule has 0 bridgehead atoms. The van der Waals surface area contributed by atoms with Crippen LogP contribution in [0.15, 0.2) is 77.7 Å². The molecule has 0 fully saturated rings. The third-order valence-corrected chi connectivity index (χ3v) is 5.70. The molecular weight excluding hydrogens is 455 g/mol. The average molecular weight is 481 g/mol. The zero-order valence-electron chi connectivity index (χ0n) is 18.7. The van der Waals surface area contributed by atoms with Gasteiger partial charge in [0, 0.05) is 21.8 Å². The fraction of sp³-hybridized carbons (Fsp3) is 0.192. The third-order valence-electron chi connectivity index (χ3n) is 4.70. The van der Waals surface area contributed by atoms with Gasteiger partial charge in [-0.05, 0) is 73.2 Å². The van der Waals surface area contributed by atoms with Crippen LogP contribution in [0, 0.1) is 5.82 Å². The van der Waals surface area contributed by atoms with Gasteiger partial charge in [-0.2, -0.15) is 0 Å². The van der Waals surface area contributed by atoms with Gasteiger partial charge in [0.05, 0.1) is 17.9 Å². The van der Waals surface area contributed by atoms with Crippen molar-refractivity contribution in [3.05, 3.63) is 89.7 Å². The molecule has 0 aromatic heterocycles. The number of hydrogen-bond acceptors (Lipinski definition) is 5. The summed E-state index contributed by atoms with van der Waals surface area (Å²) in [7, 11) is 0. The minimum absolute atomic E-state index is 0.163. The van der Waals surface area contributed by atoms with Crippen LogP contribution in [0.3, 0.4) is 0 Å². The molecule has 0 heterocycles. The van der Waals surface area contributed by atoms with E-state index in [1.54, 1.807) is 42.5 Å². The first kappa shape index (κ1) is 25.0.